The van der Waals surface area contributed by atoms with E-state index in [4.69, 9.17) is 0 Å². The topological polar surface area (TPSA) is 44.4 Å². The van der Waals surface area contributed by atoms with Crippen LogP contribution in [0.1, 0.15) is 24.2 Å². The molecule has 1 amide bonds. The minimum absolute atomic E-state index is 0.107. The van der Waals surface area contributed by atoms with Crippen LogP contribution in [0.3, 0.4) is 0 Å². The Bertz CT molecular complexity index is 411. The summed E-state index contributed by atoms with van der Waals surface area (Å²) < 4.78 is 0. The molecule has 0 unspecified atom stereocenters. The molecule has 1 fully saturated rings. The Morgan fingerprint density at radius 1 is 1.39 bits per heavy atom. The average molecular weight is 247 g/mol. The van der Waals surface area contributed by atoms with Crippen molar-refractivity contribution in [2.75, 3.05) is 31.5 Å². The molecule has 0 radical (unpaired) electrons. The quantitative estimate of drug-likeness (QED) is 0.830. The van der Waals surface area contributed by atoms with Gasteiger partial charge >= 0.3 is 0 Å². The Hall–Kier alpha value is -1.55. The van der Waals surface area contributed by atoms with Crippen molar-refractivity contribution in [2.45, 2.75) is 19.9 Å². The third-order valence-electron chi connectivity index (χ3n) is 3.31. The number of hydrogen-bond donors (Lipinski definition) is 2. The second-order valence-electron chi connectivity index (χ2n) is 4.56. The number of benzene rings is 1. The molecule has 1 aliphatic heterocycles. The molecule has 0 saturated carbocycles. The molecule has 1 heterocycles. The van der Waals surface area contributed by atoms with Gasteiger partial charge < -0.3 is 15.5 Å². The molecule has 0 spiro atoms. The maximum absolute atomic E-state index is 12.2. The molecule has 18 heavy (non-hydrogen) atoms. The zero-order chi connectivity index (χ0) is 13.0. The lowest BCUT2D eigenvalue weighted by atomic mass is 10.1. The predicted octanol–water partition coefficient (Wildman–Crippen LogP) is 1.55. The fraction of sp³-hybridized carbons (Fsp3) is 0.500. The van der Waals surface area contributed by atoms with E-state index in [9.17, 15) is 4.79 Å². The van der Waals surface area contributed by atoms with Gasteiger partial charge in [-0.3, -0.25) is 4.79 Å². The molecule has 0 bridgehead atoms. The summed E-state index contributed by atoms with van der Waals surface area (Å²) in [5.74, 6) is 0.107. The first-order chi connectivity index (χ1) is 8.74. The van der Waals surface area contributed by atoms with Crippen LogP contribution in [0.15, 0.2) is 24.3 Å². The van der Waals surface area contributed by atoms with E-state index >= 15 is 0 Å². The minimum Gasteiger partial charge on any atom is -0.380 e. The zero-order valence-electron chi connectivity index (χ0n) is 11.1. The van der Waals surface area contributed by atoms with Gasteiger partial charge in [0.25, 0.3) is 5.91 Å². The maximum atomic E-state index is 12.2. The number of hydrogen-bond acceptors (Lipinski definition) is 3. The van der Waals surface area contributed by atoms with Crippen LogP contribution in [0, 0.1) is 0 Å². The van der Waals surface area contributed by atoms with Crippen molar-refractivity contribution in [3.8, 4) is 0 Å². The van der Waals surface area contributed by atoms with Crippen molar-refractivity contribution in [2.24, 2.45) is 0 Å². The van der Waals surface area contributed by atoms with Crippen molar-refractivity contribution >= 4 is 11.6 Å². The van der Waals surface area contributed by atoms with Crippen LogP contribution in [-0.2, 0) is 0 Å². The molecule has 4 nitrogen and oxygen atoms in total. The summed E-state index contributed by atoms with van der Waals surface area (Å²) in [5, 5.41) is 6.63. The van der Waals surface area contributed by atoms with Crippen molar-refractivity contribution in [1.29, 1.82) is 0 Å². The van der Waals surface area contributed by atoms with Gasteiger partial charge in [-0.15, -0.1) is 0 Å². The lowest BCUT2D eigenvalue weighted by Crippen LogP contribution is -2.51. The van der Waals surface area contributed by atoms with Gasteiger partial charge in [-0.25, -0.2) is 0 Å². The van der Waals surface area contributed by atoms with E-state index in [-0.39, 0.29) is 5.91 Å². The van der Waals surface area contributed by atoms with Crippen LogP contribution in [0.25, 0.3) is 0 Å². The Kier molecular flexibility index (Phi) is 4.20. The third-order valence-corrected chi connectivity index (χ3v) is 3.31. The number of amides is 1. The summed E-state index contributed by atoms with van der Waals surface area (Å²) in [5.41, 5.74) is 1.79. The van der Waals surface area contributed by atoms with Crippen LogP contribution in [0.4, 0.5) is 5.69 Å². The monoisotopic (exact) mass is 247 g/mol. The molecule has 2 N–H and O–H groups in total. The number of anilines is 1. The summed E-state index contributed by atoms with van der Waals surface area (Å²) in [4.78, 5) is 14.1. The normalized spacial score (nSPS) is 15.0. The summed E-state index contributed by atoms with van der Waals surface area (Å²) in [6.07, 6.45) is 0. The average Bonchev–Trinajstić information content (AvgIpc) is 2.35. The van der Waals surface area contributed by atoms with Gasteiger partial charge in [0, 0.05) is 37.4 Å². The predicted molar refractivity (Wildman–Crippen MR) is 74.0 cm³/mol. The first kappa shape index (κ1) is 12.9. The van der Waals surface area contributed by atoms with Gasteiger partial charge in [-0.2, -0.15) is 0 Å². The second kappa shape index (κ2) is 5.87. The number of carbonyl (C=O) groups excluding carboxylic acids is 1. The van der Waals surface area contributed by atoms with E-state index < -0.39 is 0 Å². The number of carbonyl (C=O) groups is 1. The van der Waals surface area contributed by atoms with Gasteiger partial charge in [0.2, 0.25) is 0 Å². The van der Waals surface area contributed by atoms with Crippen molar-refractivity contribution in [3.63, 3.8) is 0 Å². The van der Waals surface area contributed by atoms with Crippen molar-refractivity contribution in [3.05, 3.63) is 29.8 Å². The molecular weight excluding hydrogens is 226 g/mol. The summed E-state index contributed by atoms with van der Waals surface area (Å²) in [6, 6.07) is 8.26. The van der Waals surface area contributed by atoms with Gasteiger partial charge in [-0.05, 0) is 32.0 Å². The molecule has 2 rings (SSSR count). The zero-order valence-corrected chi connectivity index (χ0v) is 11.1. The van der Waals surface area contributed by atoms with Crippen LogP contribution in [0.5, 0.6) is 0 Å². The standard InChI is InChI=1S/C14H21N3O/c1-3-17(4-2)14(18)11-6-5-7-12(8-11)16-13-9-15-10-13/h5-8,13,15-16H,3-4,9-10H2,1-2H3. The van der Waals surface area contributed by atoms with Crippen LogP contribution >= 0.6 is 0 Å². The molecule has 4 heteroatoms. The van der Waals surface area contributed by atoms with E-state index in [1.54, 1.807) is 0 Å². The molecule has 98 valence electrons. The van der Waals surface area contributed by atoms with Gasteiger partial charge in [0.05, 0.1) is 6.04 Å². The Morgan fingerprint density at radius 2 is 2.11 bits per heavy atom. The van der Waals surface area contributed by atoms with Gasteiger partial charge in [0.1, 0.15) is 0 Å². The van der Waals surface area contributed by atoms with Gasteiger partial charge in [-0.1, -0.05) is 6.07 Å². The van der Waals surface area contributed by atoms with Crippen LogP contribution in [0.2, 0.25) is 0 Å². The van der Waals surface area contributed by atoms with Crippen LogP contribution < -0.4 is 10.6 Å². The van der Waals surface area contributed by atoms with Gasteiger partial charge in [0.15, 0.2) is 0 Å². The molecular formula is C14H21N3O. The lowest BCUT2D eigenvalue weighted by molar-refractivity contribution is 0.0773. The molecule has 1 saturated heterocycles. The second-order valence-corrected chi connectivity index (χ2v) is 4.56. The first-order valence-electron chi connectivity index (χ1n) is 6.61. The Morgan fingerprint density at radius 3 is 2.67 bits per heavy atom. The third kappa shape index (κ3) is 2.82. The van der Waals surface area contributed by atoms with Crippen LogP contribution in [-0.4, -0.2) is 43.0 Å². The van der Waals surface area contributed by atoms with Crippen molar-refractivity contribution < 1.29 is 4.79 Å². The Balaban J connectivity index is 2.07. The first-order valence-corrected chi connectivity index (χ1v) is 6.61. The molecule has 1 aliphatic rings. The highest BCUT2D eigenvalue weighted by Crippen LogP contribution is 2.14. The van der Waals surface area contributed by atoms with E-state index in [0.29, 0.717) is 6.04 Å². The van der Waals surface area contributed by atoms with E-state index in [1.165, 1.54) is 0 Å². The SMILES string of the molecule is CCN(CC)C(=O)c1cccc(NC2CNC2)c1. The molecule has 1 aromatic rings. The fourth-order valence-electron chi connectivity index (χ4n) is 2.06. The van der Waals surface area contributed by atoms with E-state index in [0.717, 1.165) is 37.4 Å². The smallest absolute Gasteiger partial charge is 0.253 e. The maximum Gasteiger partial charge on any atom is 0.253 e. The Labute approximate surface area is 108 Å². The summed E-state index contributed by atoms with van der Waals surface area (Å²) in [6.45, 7) is 7.49. The summed E-state index contributed by atoms with van der Waals surface area (Å²) in [7, 11) is 0. The van der Waals surface area contributed by atoms with E-state index in [1.807, 2.05) is 43.0 Å². The number of nitrogens with one attached hydrogen (secondary N) is 2. The largest absolute Gasteiger partial charge is 0.380 e. The number of rotatable bonds is 5. The van der Waals surface area contributed by atoms with E-state index in [2.05, 4.69) is 10.6 Å². The molecule has 0 aliphatic carbocycles. The number of nitrogens with zero attached hydrogens (tertiary/aromatic N) is 1. The fourth-order valence-corrected chi connectivity index (χ4v) is 2.06. The minimum atomic E-state index is 0.107. The van der Waals surface area contributed by atoms with Crippen molar-refractivity contribution in [1.82, 2.24) is 10.2 Å². The molecule has 0 aromatic heterocycles. The molecule has 1 aromatic carbocycles. The highest BCUT2D eigenvalue weighted by atomic mass is 16.2. The lowest BCUT2D eigenvalue weighted by Gasteiger charge is -2.29. The summed E-state index contributed by atoms with van der Waals surface area (Å²) >= 11 is 0. The molecule has 0 atom stereocenters. The highest BCUT2D eigenvalue weighted by molar-refractivity contribution is 5.95. The highest BCUT2D eigenvalue weighted by Gasteiger charge is 2.17.